The molecule has 0 unspecified atom stereocenters. The van der Waals surface area contributed by atoms with Gasteiger partial charge in [0.05, 0.1) is 0 Å². The number of allylic oxidation sites excluding steroid dienone is 3. The van der Waals surface area contributed by atoms with Crippen molar-refractivity contribution in [3.63, 3.8) is 0 Å². The summed E-state index contributed by atoms with van der Waals surface area (Å²) in [5.41, 5.74) is 1.23. The van der Waals surface area contributed by atoms with Gasteiger partial charge in [-0.2, -0.15) is 0 Å². The molecule has 51 valence electrons. The van der Waals surface area contributed by atoms with E-state index in [1.165, 1.54) is 5.57 Å². The Bertz CT molecular complexity index is 123. The van der Waals surface area contributed by atoms with Crippen LogP contribution >= 0.6 is 11.6 Å². The Hall–Kier alpha value is -0.230. The van der Waals surface area contributed by atoms with Crippen molar-refractivity contribution < 1.29 is 0 Å². The highest BCUT2D eigenvalue weighted by molar-refractivity contribution is 6.29. The van der Waals surface area contributed by atoms with Crippen molar-refractivity contribution >= 4 is 11.6 Å². The average molecular weight is 144 g/mol. The predicted octanol–water partition coefficient (Wildman–Crippen LogP) is 3.30. The fraction of sp³-hybridized carbons (Fsp3) is 0.375. The first-order valence-corrected chi connectivity index (χ1v) is 3.36. The standard InChI is InChI=1S/C8H12Cl/c1-4-8(5-2)6-7(3)9/h4-5H,3,6H2,1-2H3/b8-4-. The SMILES string of the molecule is C=C(Cl)C/C([CH]C)=C\C. The van der Waals surface area contributed by atoms with E-state index >= 15 is 0 Å². The monoisotopic (exact) mass is 143 g/mol. The van der Waals surface area contributed by atoms with Crippen LogP contribution in [0.25, 0.3) is 0 Å². The van der Waals surface area contributed by atoms with Gasteiger partial charge in [0.25, 0.3) is 0 Å². The highest BCUT2D eigenvalue weighted by Crippen LogP contribution is 2.13. The highest BCUT2D eigenvalue weighted by atomic mass is 35.5. The highest BCUT2D eigenvalue weighted by Gasteiger charge is 1.92. The first-order chi connectivity index (χ1) is 4.20. The molecule has 0 aromatic heterocycles. The van der Waals surface area contributed by atoms with Gasteiger partial charge in [-0.15, -0.1) is 0 Å². The lowest BCUT2D eigenvalue weighted by atomic mass is 10.1. The van der Waals surface area contributed by atoms with Gasteiger partial charge in [0.1, 0.15) is 0 Å². The van der Waals surface area contributed by atoms with E-state index in [0.717, 1.165) is 6.42 Å². The van der Waals surface area contributed by atoms with Crippen molar-refractivity contribution in [2.75, 3.05) is 0 Å². The van der Waals surface area contributed by atoms with Gasteiger partial charge in [0.2, 0.25) is 0 Å². The molecule has 0 aromatic rings. The van der Waals surface area contributed by atoms with Gasteiger partial charge in [-0.3, -0.25) is 0 Å². The number of halogens is 1. The van der Waals surface area contributed by atoms with Gasteiger partial charge in [-0.05, 0) is 13.3 Å². The molecule has 0 aromatic carbocycles. The zero-order chi connectivity index (χ0) is 7.28. The second-order valence-electron chi connectivity index (χ2n) is 1.85. The Morgan fingerprint density at radius 3 is 2.22 bits per heavy atom. The third-order valence-corrected chi connectivity index (χ3v) is 1.27. The van der Waals surface area contributed by atoms with Crippen molar-refractivity contribution in [3.8, 4) is 0 Å². The third-order valence-electron chi connectivity index (χ3n) is 1.14. The smallest absolute Gasteiger partial charge is 0.0149 e. The molecule has 0 spiro atoms. The zero-order valence-corrected chi connectivity index (χ0v) is 6.70. The Kier molecular flexibility index (Phi) is 4.51. The maximum absolute atomic E-state index is 5.57. The van der Waals surface area contributed by atoms with Crippen LogP contribution in [0.15, 0.2) is 23.3 Å². The van der Waals surface area contributed by atoms with Gasteiger partial charge in [-0.25, -0.2) is 0 Å². The Morgan fingerprint density at radius 2 is 2.11 bits per heavy atom. The summed E-state index contributed by atoms with van der Waals surface area (Å²) < 4.78 is 0. The van der Waals surface area contributed by atoms with Gasteiger partial charge in [-0.1, -0.05) is 36.8 Å². The molecule has 0 amide bonds. The molecule has 0 nitrogen and oxygen atoms in total. The van der Waals surface area contributed by atoms with Gasteiger partial charge >= 0.3 is 0 Å². The minimum absolute atomic E-state index is 0.696. The van der Waals surface area contributed by atoms with E-state index in [4.69, 9.17) is 11.6 Å². The molecule has 0 saturated carbocycles. The van der Waals surface area contributed by atoms with E-state index in [-0.39, 0.29) is 0 Å². The second-order valence-corrected chi connectivity index (χ2v) is 2.38. The maximum Gasteiger partial charge on any atom is 0.0149 e. The summed E-state index contributed by atoms with van der Waals surface area (Å²) >= 11 is 5.57. The Morgan fingerprint density at radius 1 is 1.56 bits per heavy atom. The van der Waals surface area contributed by atoms with Crippen LogP contribution < -0.4 is 0 Å². The molecule has 0 aliphatic rings. The predicted molar refractivity (Wildman–Crippen MR) is 43.3 cm³/mol. The summed E-state index contributed by atoms with van der Waals surface area (Å²) in [4.78, 5) is 0. The largest absolute Gasteiger partial charge is 0.0894 e. The summed E-state index contributed by atoms with van der Waals surface area (Å²) in [6, 6.07) is 0. The van der Waals surface area contributed by atoms with Gasteiger partial charge < -0.3 is 0 Å². The summed E-state index contributed by atoms with van der Waals surface area (Å²) in [6.07, 6.45) is 4.86. The number of hydrogen-bond acceptors (Lipinski definition) is 0. The van der Waals surface area contributed by atoms with Crippen molar-refractivity contribution in [3.05, 3.63) is 29.7 Å². The molecular weight excluding hydrogens is 132 g/mol. The average Bonchev–Trinajstić information content (AvgIpc) is 1.82. The molecule has 9 heavy (non-hydrogen) atoms. The van der Waals surface area contributed by atoms with Crippen molar-refractivity contribution in [2.24, 2.45) is 0 Å². The quantitative estimate of drug-likeness (QED) is 0.569. The van der Waals surface area contributed by atoms with E-state index in [1.54, 1.807) is 0 Å². The topological polar surface area (TPSA) is 0 Å². The number of rotatable bonds is 3. The molecule has 0 aliphatic carbocycles. The second kappa shape index (κ2) is 4.63. The van der Waals surface area contributed by atoms with Crippen LogP contribution in [0, 0.1) is 6.42 Å². The lowest BCUT2D eigenvalue weighted by molar-refractivity contribution is 1.18. The zero-order valence-electron chi connectivity index (χ0n) is 5.95. The molecule has 0 fully saturated rings. The van der Waals surface area contributed by atoms with Gasteiger partial charge in [0, 0.05) is 11.5 Å². The third kappa shape index (κ3) is 4.28. The molecule has 1 radical (unpaired) electrons. The molecule has 0 heterocycles. The van der Waals surface area contributed by atoms with E-state index in [1.807, 2.05) is 26.3 Å². The van der Waals surface area contributed by atoms with Crippen molar-refractivity contribution in [1.29, 1.82) is 0 Å². The van der Waals surface area contributed by atoms with Crippen LogP contribution in [-0.4, -0.2) is 0 Å². The van der Waals surface area contributed by atoms with Crippen LogP contribution in [0.2, 0.25) is 0 Å². The normalized spacial score (nSPS) is 11.7. The molecule has 0 aliphatic heterocycles. The van der Waals surface area contributed by atoms with Crippen molar-refractivity contribution in [1.82, 2.24) is 0 Å². The van der Waals surface area contributed by atoms with Crippen LogP contribution in [0.4, 0.5) is 0 Å². The number of hydrogen-bond donors (Lipinski definition) is 0. The maximum atomic E-state index is 5.57. The first-order valence-electron chi connectivity index (χ1n) is 2.98. The van der Waals surface area contributed by atoms with E-state index in [9.17, 15) is 0 Å². The minimum atomic E-state index is 0.696. The fourth-order valence-electron chi connectivity index (χ4n) is 0.592. The molecular formula is C8H12Cl. The Balaban J connectivity index is 3.71. The molecule has 0 saturated heterocycles. The van der Waals surface area contributed by atoms with Crippen molar-refractivity contribution in [2.45, 2.75) is 20.3 Å². The van der Waals surface area contributed by atoms with Crippen LogP contribution in [0.5, 0.6) is 0 Å². The van der Waals surface area contributed by atoms with Crippen LogP contribution in [0.1, 0.15) is 20.3 Å². The molecule has 0 N–H and O–H groups in total. The lowest BCUT2D eigenvalue weighted by Crippen LogP contribution is -1.79. The molecule has 1 heteroatoms. The van der Waals surface area contributed by atoms with E-state index in [0.29, 0.717) is 5.03 Å². The van der Waals surface area contributed by atoms with Crippen LogP contribution in [-0.2, 0) is 0 Å². The lowest BCUT2D eigenvalue weighted by Gasteiger charge is -1.98. The summed E-state index contributed by atoms with van der Waals surface area (Å²) in [5.74, 6) is 0. The van der Waals surface area contributed by atoms with E-state index < -0.39 is 0 Å². The van der Waals surface area contributed by atoms with E-state index in [2.05, 4.69) is 6.58 Å². The Labute approximate surface area is 62.2 Å². The summed E-state index contributed by atoms with van der Waals surface area (Å²) in [6.45, 7) is 7.59. The molecule has 0 rings (SSSR count). The first kappa shape index (κ1) is 8.77. The summed E-state index contributed by atoms with van der Waals surface area (Å²) in [5, 5.41) is 0.696. The van der Waals surface area contributed by atoms with Gasteiger partial charge in [0.15, 0.2) is 0 Å². The molecule has 0 atom stereocenters. The summed E-state index contributed by atoms with van der Waals surface area (Å²) in [7, 11) is 0. The van der Waals surface area contributed by atoms with Crippen LogP contribution in [0.3, 0.4) is 0 Å². The fourth-order valence-corrected chi connectivity index (χ4v) is 0.747. The molecule has 0 bridgehead atoms. The minimum Gasteiger partial charge on any atom is -0.0894 e.